The molecule has 2 N–H and O–H groups in total. The van der Waals surface area contributed by atoms with Crippen molar-refractivity contribution in [2.45, 2.75) is 26.7 Å². The molecule has 0 spiro atoms. The standard InChI is InChI=1S/C27H31N5O2/c1-3-32(4-2)12-13-33-25-6-5-7-26-21(25)14-20(17-34-26)24-16-19-9-8-18(15-23(19)30-24)22-10-11-29-27(28)31-22/h5-11,15,20H,3-4,12-14,16-17H2,1-2H3,(H2,28,29,31). The molecule has 0 saturated heterocycles. The highest BCUT2D eigenvalue weighted by molar-refractivity contribution is 5.96. The number of likely N-dealkylation sites (N-methyl/N-ethyl adjacent to an activating group) is 1. The third-order valence-corrected chi connectivity index (χ3v) is 6.70. The molecular weight excluding hydrogens is 426 g/mol. The van der Waals surface area contributed by atoms with Crippen molar-refractivity contribution < 1.29 is 9.47 Å². The SMILES string of the molecule is CCN(CC)CCOc1cccc2c1CC(C1=Nc3cc(-c4ccnc(N)n4)ccc3C1)CO2. The molecule has 2 aromatic carbocycles. The van der Waals surface area contributed by atoms with Crippen LogP contribution in [0.1, 0.15) is 25.0 Å². The number of ether oxygens (including phenoxy) is 2. The first-order chi connectivity index (χ1) is 16.6. The minimum atomic E-state index is 0.227. The molecule has 176 valence electrons. The molecule has 0 saturated carbocycles. The Kier molecular flexibility index (Phi) is 6.45. The second kappa shape index (κ2) is 9.81. The maximum atomic E-state index is 6.20. The van der Waals surface area contributed by atoms with Crippen molar-refractivity contribution in [1.29, 1.82) is 0 Å². The molecule has 3 heterocycles. The van der Waals surface area contributed by atoms with Gasteiger partial charge in [0.1, 0.15) is 18.1 Å². The van der Waals surface area contributed by atoms with Crippen molar-refractivity contribution in [3.8, 4) is 22.8 Å². The van der Waals surface area contributed by atoms with E-state index in [2.05, 4.69) is 53.0 Å². The molecule has 3 aromatic rings. The molecule has 2 aliphatic heterocycles. The Balaban J connectivity index is 1.32. The van der Waals surface area contributed by atoms with Gasteiger partial charge < -0.3 is 20.1 Å². The van der Waals surface area contributed by atoms with Crippen LogP contribution in [0.3, 0.4) is 0 Å². The number of nitrogens with two attached hydrogens (primary N) is 1. The molecule has 1 aromatic heterocycles. The van der Waals surface area contributed by atoms with Gasteiger partial charge in [-0.15, -0.1) is 0 Å². The summed E-state index contributed by atoms with van der Waals surface area (Å²) >= 11 is 0. The van der Waals surface area contributed by atoms with E-state index in [4.69, 9.17) is 20.2 Å². The number of hydrogen-bond acceptors (Lipinski definition) is 7. The Morgan fingerprint density at radius 1 is 1.15 bits per heavy atom. The molecule has 7 nitrogen and oxygen atoms in total. The first-order valence-corrected chi connectivity index (χ1v) is 12.0. The molecule has 5 rings (SSSR count). The Morgan fingerprint density at radius 3 is 2.85 bits per heavy atom. The molecule has 0 bridgehead atoms. The highest BCUT2D eigenvalue weighted by atomic mass is 16.5. The highest BCUT2D eigenvalue weighted by Gasteiger charge is 2.29. The summed E-state index contributed by atoms with van der Waals surface area (Å²) < 4.78 is 12.4. The van der Waals surface area contributed by atoms with Gasteiger partial charge in [-0.25, -0.2) is 9.97 Å². The van der Waals surface area contributed by atoms with Gasteiger partial charge in [0.2, 0.25) is 5.95 Å². The van der Waals surface area contributed by atoms with Crippen LogP contribution in [-0.4, -0.2) is 53.4 Å². The summed E-state index contributed by atoms with van der Waals surface area (Å²) in [4.78, 5) is 15.7. The van der Waals surface area contributed by atoms with E-state index in [0.29, 0.717) is 13.2 Å². The van der Waals surface area contributed by atoms with Crippen molar-refractivity contribution in [2.75, 3.05) is 38.6 Å². The summed E-state index contributed by atoms with van der Waals surface area (Å²) in [6.45, 7) is 8.65. The molecule has 1 unspecified atom stereocenters. The third-order valence-electron chi connectivity index (χ3n) is 6.70. The van der Waals surface area contributed by atoms with E-state index in [0.717, 1.165) is 72.2 Å². The summed E-state index contributed by atoms with van der Waals surface area (Å²) in [5.41, 5.74) is 12.1. The summed E-state index contributed by atoms with van der Waals surface area (Å²) in [6.07, 6.45) is 3.40. The van der Waals surface area contributed by atoms with Gasteiger partial charge in [-0.1, -0.05) is 32.0 Å². The van der Waals surface area contributed by atoms with Crippen molar-refractivity contribution >= 4 is 17.3 Å². The monoisotopic (exact) mass is 457 g/mol. The minimum Gasteiger partial charge on any atom is -0.492 e. The van der Waals surface area contributed by atoms with Crippen LogP contribution in [0.5, 0.6) is 11.5 Å². The third kappa shape index (κ3) is 4.61. The largest absolute Gasteiger partial charge is 0.492 e. The lowest BCUT2D eigenvalue weighted by atomic mass is 9.90. The summed E-state index contributed by atoms with van der Waals surface area (Å²) in [5.74, 6) is 2.35. The molecule has 34 heavy (non-hydrogen) atoms. The summed E-state index contributed by atoms with van der Waals surface area (Å²) in [5, 5.41) is 0. The van der Waals surface area contributed by atoms with E-state index in [1.807, 2.05) is 18.2 Å². The van der Waals surface area contributed by atoms with Gasteiger partial charge in [-0.2, -0.15) is 0 Å². The number of benzene rings is 2. The quantitative estimate of drug-likeness (QED) is 0.542. The molecule has 7 heteroatoms. The smallest absolute Gasteiger partial charge is 0.220 e. The van der Waals surface area contributed by atoms with Gasteiger partial charge in [0.05, 0.1) is 18.0 Å². The normalized spacial score (nSPS) is 16.6. The van der Waals surface area contributed by atoms with E-state index >= 15 is 0 Å². The molecular formula is C27H31N5O2. The maximum Gasteiger partial charge on any atom is 0.220 e. The Hall–Kier alpha value is -3.45. The van der Waals surface area contributed by atoms with Crippen LogP contribution in [0.15, 0.2) is 53.7 Å². The predicted octanol–water partition coefficient (Wildman–Crippen LogP) is 4.33. The van der Waals surface area contributed by atoms with Crippen LogP contribution in [0.4, 0.5) is 11.6 Å². The van der Waals surface area contributed by atoms with Gasteiger partial charge >= 0.3 is 0 Å². The molecule has 0 amide bonds. The topological polar surface area (TPSA) is 85.9 Å². The molecule has 2 aliphatic rings. The van der Waals surface area contributed by atoms with Crippen LogP contribution in [0.2, 0.25) is 0 Å². The van der Waals surface area contributed by atoms with Crippen LogP contribution in [0, 0.1) is 5.92 Å². The molecule has 1 atom stereocenters. The predicted molar refractivity (Wildman–Crippen MR) is 135 cm³/mol. The van der Waals surface area contributed by atoms with Gasteiger partial charge in [0, 0.05) is 41.9 Å². The van der Waals surface area contributed by atoms with Gasteiger partial charge in [-0.05, 0) is 49.3 Å². The van der Waals surface area contributed by atoms with Crippen LogP contribution >= 0.6 is 0 Å². The van der Waals surface area contributed by atoms with Crippen LogP contribution in [0.25, 0.3) is 11.3 Å². The number of anilines is 1. The maximum absolute atomic E-state index is 6.20. The lowest BCUT2D eigenvalue weighted by Crippen LogP contribution is -2.30. The number of nitrogens with zero attached hydrogens (tertiary/aromatic N) is 4. The highest BCUT2D eigenvalue weighted by Crippen LogP contribution is 2.38. The van der Waals surface area contributed by atoms with Gasteiger partial charge in [0.15, 0.2) is 0 Å². The zero-order valence-electron chi connectivity index (χ0n) is 19.8. The fourth-order valence-electron chi connectivity index (χ4n) is 4.69. The Labute approximate surface area is 200 Å². The van der Waals surface area contributed by atoms with E-state index in [1.54, 1.807) is 6.20 Å². The van der Waals surface area contributed by atoms with Crippen molar-refractivity contribution in [3.63, 3.8) is 0 Å². The zero-order chi connectivity index (χ0) is 23.5. The van der Waals surface area contributed by atoms with E-state index in [9.17, 15) is 0 Å². The van der Waals surface area contributed by atoms with E-state index in [-0.39, 0.29) is 11.9 Å². The number of rotatable bonds is 8. The lowest BCUT2D eigenvalue weighted by Gasteiger charge is -2.27. The first-order valence-electron chi connectivity index (χ1n) is 12.0. The van der Waals surface area contributed by atoms with E-state index in [1.165, 1.54) is 5.56 Å². The second-order valence-electron chi connectivity index (χ2n) is 8.74. The number of aliphatic imine (C=N–C) groups is 1. The average molecular weight is 458 g/mol. The fourth-order valence-corrected chi connectivity index (χ4v) is 4.69. The van der Waals surface area contributed by atoms with Crippen molar-refractivity contribution in [2.24, 2.45) is 10.9 Å². The fraction of sp³-hybridized carbons (Fsp3) is 0.370. The first kappa shape index (κ1) is 22.3. The van der Waals surface area contributed by atoms with Crippen LogP contribution in [-0.2, 0) is 12.8 Å². The number of aromatic nitrogens is 2. The molecule has 0 fully saturated rings. The van der Waals surface area contributed by atoms with E-state index < -0.39 is 0 Å². The van der Waals surface area contributed by atoms with Crippen molar-refractivity contribution in [3.05, 3.63) is 59.8 Å². The lowest BCUT2D eigenvalue weighted by molar-refractivity contribution is 0.214. The van der Waals surface area contributed by atoms with Gasteiger partial charge in [-0.3, -0.25) is 4.99 Å². The summed E-state index contributed by atoms with van der Waals surface area (Å²) in [7, 11) is 0. The number of hydrogen-bond donors (Lipinski definition) is 1. The van der Waals surface area contributed by atoms with Gasteiger partial charge in [0.25, 0.3) is 0 Å². The zero-order valence-corrected chi connectivity index (χ0v) is 19.8. The molecule has 0 aliphatic carbocycles. The Morgan fingerprint density at radius 2 is 2.03 bits per heavy atom. The average Bonchev–Trinajstić information content (AvgIpc) is 3.30. The Bertz CT molecular complexity index is 1210. The van der Waals surface area contributed by atoms with Crippen LogP contribution < -0.4 is 15.2 Å². The number of fused-ring (bicyclic) bond motifs is 2. The molecule has 0 radical (unpaired) electrons. The summed E-state index contributed by atoms with van der Waals surface area (Å²) in [6, 6.07) is 14.3. The second-order valence-corrected chi connectivity index (χ2v) is 8.74. The minimum absolute atomic E-state index is 0.227. The van der Waals surface area contributed by atoms with Crippen molar-refractivity contribution in [1.82, 2.24) is 14.9 Å². The number of nitrogen functional groups attached to an aromatic ring is 1.